The van der Waals surface area contributed by atoms with Gasteiger partial charge in [0.25, 0.3) is 0 Å². The number of aliphatic hydroxyl groups excluding tert-OH is 1. The Hall–Kier alpha value is -3.17. The number of benzene rings is 2. The second-order valence-electron chi connectivity index (χ2n) is 8.54. The van der Waals surface area contributed by atoms with Crippen molar-refractivity contribution in [1.82, 2.24) is 14.9 Å². The Morgan fingerprint density at radius 3 is 2.72 bits per heavy atom. The number of H-pyrrole nitrogens is 2. The molecule has 1 unspecified atom stereocenters. The van der Waals surface area contributed by atoms with Crippen molar-refractivity contribution in [2.24, 2.45) is 5.92 Å². The number of aryl methyl sites for hydroxylation is 1. The number of piperidine rings is 1. The first-order valence-electron chi connectivity index (χ1n) is 10.9. The van der Waals surface area contributed by atoms with Crippen LogP contribution in [0.1, 0.15) is 18.4 Å². The molecular weight excluding hydrogens is 410 g/mol. The molecule has 0 aliphatic carbocycles. The lowest BCUT2D eigenvalue weighted by atomic mass is 9.97. The highest BCUT2D eigenvalue weighted by atomic mass is 16.5. The van der Waals surface area contributed by atoms with E-state index in [0.29, 0.717) is 47.5 Å². The van der Waals surface area contributed by atoms with Crippen LogP contribution >= 0.6 is 0 Å². The van der Waals surface area contributed by atoms with Gasteiger partial charge in [0, 0.05) is 6.54 Å². The van der Waals surface area contributed by atoms with Crippen molar-refractivity contribution in [3.63, 3.8) is 0 Å². The maximum atomic E-state index is 11.5. The molecule has 0 radical (unpaired) electrons. The Bertz CT molecular complexity index is 1120. The molecular formula is C23H31N5O4. The number of fused-ring (bicyclic) bond motifs is 1. The minimum Gasteiger partial charge on any atom is -0.491 e. The van der Waals surface area contributed by atoms with E-state index in [0.717, 1.165) is 37.0 Å². The van der Waals surface area contributed by atoms with Gasteiger partial charge in [-0.05, 0) is 68.6 Å². The number of nitrogen functional groups attached to an aromatic ring is 2. The van der Waals surface area contributed by atoms with Crippen molar-refractivity contribution in [3.05, 3.63) is 46.4 Å². The van der Waals surface area contributed by atoms with E-state index in [2.05, 4.69) is 14.9 Å². The van der Waals surface area contributed by atoms with Crippen LogP contribution in [-0.4, -0.2) is 58.9 Å². The summed E-state index contributed by atoms with van der Waals surface area (Å²) in [4.78, 5) is 19.3. The molecule has 1 atom stereocenters. The van der Waals surface area contributed by atoms with Gasteiger partial charge in [-0.25, -0.2) is 4.79 Å². The van der Waals surface area contributed by atoms with Crippen LogP contribution < -0.4 is 26.6 Å². The second kappa shape index (κ2) is 9.54. The van der Waals surface area contributed by atoms with Crippen LogP contribution in [0.25, 0.3) is 11.0 Å². The third-order valence-corrected chi connectivity index (χ3v) is 5.91. The molecule has 9 nitrogen and oxygen atoms in total. The van der Waals surface area contributed by atoms with Gasteiger partial charge in [0.05, 0.1) is 23.5 Å². The molecule has 172 valence electrons. The number of anilines is 2. The average molecular weight is 442 g/mol. The maximum absolute atomic E-state index is 11.5. The third-order valence-electron chi connectivity index (χ3n) is 5.91. The number of para-hydroxylation sites is 1. The Morgan fingerprint density at radius 1 is 1.16 bits per heavy atom. The maximum Gasteiger partial charge on any atom is 0.323 e. The number of aromatic nitrogens is 2. The number of imidazole rings is 1. The first-order chi connectivity index (χ1) is 15.4. The summed E-state index contributed by atoms with van der Waals surface area (Å²) in [5, 5.41) is 10.4. The second-order valence-corrected chi connectivity index (χ2v) is 8.54. The summed E-state index contributed by atoms with van der Waals surface area (Å²) in [7, 11) is 0. The molecule has 32 heavy (non-hydrogen) atoms. The van der Waals surface area contributed by atoms with Crippen molar-refractivity contribution in [3.8, 4) is 11.5 Å². The van der Waals surface area contributed by atoms with Gasteiger partial charge in [-0.3, -0.25) is 0 Å². The lowest BCUT2D eigenvalue weighted by Crippen LogP contribution is -2.41. The van der Waals surface area contributed by atoms with Crippen molar-refractivity contribution >= 4 is 22.4 Å². The molecule has 1 aliphatic heterocycles. The fraction of sp³-hybridized carbons (Fsp3) is 0.435. The fourth-order valence-electron chi connectivity index (χ4n) is 4.14. The quantitative estimate of drug-likeness (QED) is 0.336. The number of aliphatic hydroxyl groups is 1. The smallest absolute Gasteiger partial charge is 0.323 e. The lowest BCUT2D eigenvalue weighted by Gasteiger charge is -2.33. The zero-order valence-electron chi connectivity index (χ0n) is 18.3. The van der Waals surface area contributed by atoms with Crippen LogP contribution in [0.15, 0.2) is 35.1 Å². The van der Waals surface area contributed by atoms with Crippen LogP contribution in [0.4, 0.5) is 11.4 Å². The predicted octanol–water partition coefficient (Wildman–Crippen LogP) is 1.86. The average Bonchev–Trinajstić information content (AvgIpc) is 3.15. The molecule has 0 saturated carbocycles. The summed E-state index contributed by atoms with van der Waals surface area (Å²) in [6.07, 6.45) is 1.34. The van der Waals surface area contributed by atoms with E-state index in [1.807, 2.05) is 31.2 Å². The normalized spacial score (nSPS) is 16.3. The van der Waals surface area contributed by atoms with Gasteiger partial charge in [0.15, 0.2) is 0 Å². The van der Waals surface area contributed by atoms with E-state index in [1.165, 1.54) is 0 Å². The summed E-state index contributed by atoms with van der Waals surface area (Å²) in [6, 6.07) is 9.20. The molecule has 1 fully saturated rings. The van der Waals surface area contributed by atoms with Gasteiger partial charge in [0.2, 0.25) is 0 Å². The third kappa shape index (κ3) is 5.17. The van der Waals surface area contributed by atoms with Crippen molar-refractivity contribution in [2.75, 3.05) is 44.3 Å². The molecule has 0 amide bonds. The zero-order chi connectivity index (χ0) is 22.7. The molecule has 0 bridgehead atoms. The summed E-state index contributed by atoms with van der Waals surface area (Å²) >= 11 is 0. The monoisotopic (exact) mass is 441 g/mol. The Morgan fingerprint density at radius 2 is 1.94 bits per heavy atom. The van der Waals surface area contributed by atoms with Gasteiger partial charge in [-0.15, -0.1) is 0 Å². The standard InChI is InChI=1S/C23H31N5O4/c1-14-9-17(24)21(25)20(10-14)32-13-16(29)11-28-7-5-15(6-8-28)12-31-19-4-2-3-18-22(19)27-23(30)26-18/h2-4,9-10,15-16,29H,5-8,11-13,24-25H2,1H3,(H2,26,27,30). The van der Waals surface area contributed by atoms with Gasteiger partial charge in [-0.1, -0.05) is 6.07 Å². The highest BCUT2D eigenvalue weighted by Crippen LogP contribution is 2.29. The summed E-state index contributed by atoms with van der Waals surface area (Å²) in [6.45, 7) is 4.99. The van der Waals surface area contributed by atoms with E-state index >= 15 is 0 Å². The zero-order valence-corrected chi connectivity index (χ0v) is 18.3. The van der Waals surface area contributed by atoms with E-state index in [9.17, 15) is 9.90 Å². The number of likely N-dealkylation sites (tertiary alicyclic amines) is 1. The topological polar surface area (TPSA) is 143 Å². The van der Waals surface area contributed by atoms with Crippen molar-refractivity contribution < 1.29 is 14.6 Å². The van der Waals surface area contributed by atoms with Crippen LogP contribution in [0.3, 0.4) is 0 Å². The number of hydrogen-bond donors (Lipinski definition) is 5. The van der Waals surface area contributed by atoms with Gasteiger partial charge in [-0.2, -0.15) is 0 Å². The molecule has 1 aromatic heterocycles. The van der Waals surface area contributed by atoms with Gasteiger partial charge in [0.1, 0.15) is 29.7 Å². The van der Waals surface area contributed by atoms with E-state index in [4.69, 9.17) is 20.9 Å². The number of hydrogen-bond acceptors (Lipinski definition) is 7. The SMILES string of the molecule is Cc1cc(N)c(N)c(OCC(O)CN2CCC(COc3cccc4[nH]c(=O)[nH]c34)CC2)c1. The molecule has 7 N–H and O–H groups in total. The number of β-amino-alcohol motifs (C(OH)–C–C–N with tert-alkyl or cyclic N) is 1. The van der Waals surface area contributed by atoms with Crippen molar-refractivity contribution in [2.45, 2.75) is 25.9 Å². The Labute approximate surface area is 186 Å². The number of nitrogens with zero attached hydrogens (tertiary/aromatic N) is 1. The van der Waals surface area contributed by atoms with Crippen molar-refractivity contribution in [1.29, 1.82) is 0 Å². The number of aromatic amines is 2. The highest BCUT2D eigenvalue weighted by molar-refractivity contribution is 5.81. The van der Waals surface area contributed by atoms with E-state index in [-0.39, 0.29) is 12.3 Å². The summed E-state index contributed by atoms with van der Waals surface area (Å²) < 4.78 is 11.7. The number of ether oxygens (including phenoxy) is 2. The van der Waals surface area contributed by atoms with E-state index < -0.39 is 6.10 Å². The van der Waals surface area contributed by atoms with Crippen LogP contribution in [0.5, 0.6) is 11.5 Å². The predicted molar refractivity (Wildman–Crippen MR) is 125 cm³/mol. The molecule has 2 aromatic carbocycles. The minimum atomic E-state index is -0.619. The summed E-state index contributed by atoms with van der Waals surface area (Å²) in [5.41, 5.74) is 14.9. The van der Waals surface area contributed by atoms with E-state index in [1.54, 1.807) is 6.07 Å². The summed E-state index contributed by atoms with van der Waals surface area (Å²) in [5.74, 6) is 1.62. The number of nitrogens with one attached hydrogen (secondary N) is 2. The highest BCUT2D eigenvalue weighted by Gasteiger charge is 2.22. The molecule has 1 aliphatic rings. The largest absolute Gasteiger partial charge is 0.491 e. The minimum absolute atomic E-state index is 0.162. The Kier molecular flexibility index (Phi) is 6.57. The number of rotatable bonds is 8. The van der Waals surface area contributed by atoms with Crippen LogP contribution in [0.2, 0.25) is 0 Å². The molecule has 4 rings (SSSR count). The lowest BCUT2D eigenvalue weighted by molar-refractivity contribution is 0.0506. The molecule has 0 spiro atoms. The van der Waals surface area contributed by atoms with Gasteiger partial charge < -0.3 is 40.9 Å². The molecule has 1 saturated heterocycles. The first kappa shape index (κ1) is 22.0. The molecule has 9 heteroatoms. The molecule has 2 heterocycles. The van der Waals surface area contributed by atoms with Crippen LogP contribution in [-0.2, 0) is 0 Å². The Balaban J connectivity index is 1.21. The number of nitrogens with two attached hydrogens (primary N) is 2. The van der Waals surface area contributed by atoms with Gasteiger partial charge >= 0.3 is 5.69 Å². The fourth-order valence-corrected chi connectivity index (χ4v) is 4.14. The molecule has 3 aromatic rings. The first-order valence-corrected chi connectivity index (χ1v) is 10.9. The van der Waals surface area contributed by atoms with Crippen LogP contribution in [0, 0.1) is 12.8 Å².